The van der Waals surface area contributed by atoms with E-state index in [4.69, 9.17) is 5.73 Å². The highest BCUT2D eigenvalue weighted by molar-refractivity contribution is 7.92. The third-order valence-electron chi connectivity index (χ3n) is 2.17. The third-order valence-corrected chi connectivity index (χ3v) is 4.31. The normalized spacial score (nSPS) is 14.4. The van der Waals surface area contributed by atoms with E-state index in [0.29, 0.717) is 5.84 Å². The molecule has 0 saturated carbocycles. The molecular formula is C9H20N2O2S. The lowest BCUT2D eigenvalue weighted by molar-refractivity contribution is 0.555. The van der Waals surface area contributed by atoms with Crippen molar-refractivity contribution in [2.45, 2.75) is 38.4 Å². The van der Waals surface area contributed by atoms with Gasteiger partial charge in [-0.25, -0.2) is 8.42 Å². The number of nitrogens with zero attached hydrogens (tertiary/aromatic N) is 1. The van der Waals surface area contributed by atoms with Crippen LogP contribution in [0.2, 0.25) is 0 Å². The first kappa shape index (κ1) is 13.4. The molecule has 0 aromatic carbocycles. The van der Waals surface area contributed by atoms with Gasteiger partial charge in [0.15, 0.2) is 9.84 Å². The van der Waals surface area contributed by atoms with Crippen LogP contribution in [-0.4, -0.2) is 31.8 Å². The number of nitrogens with two attached hydrogens (primary N) is 1. The predicted molar refractivity (Wildman–Crippen MR) is 60.3 cm³/mol. The largest absolute Gasteiger partial charge is 0.387 e. The Morgan fingerprint density at radius 2 is 1.93 bits per heavy atom. The van der Waals surface area contributed by atoms with Crippen LogP contribution in [0.3, 0.4) is 0 Å². The van der Waals surface area contributed by atoms with Crippen molar-refractivity contribution < 1.29 is 8.42 Å². The van der Waals surface area contributed by atoms with Crippen molar-refractivity contribution in [3.05, 3.63) is 0 Å². The van der Waals surface area contributed by atoms with E-state index in [1.165, 1.54) is 6.26 Å². The SMILES string of the molecule is CCCC(N)=NCC(C)(C)S(C)(=O)=O. The zero-order valence-corrected chi connectivity index (χ0v) is 10.2. The molecule has 5 heteroatoms. The van der Waals surface area contributed by atoms with Gasteiger partial charge in [0.25, 0.3) is 0 Å². The van der Waals surface area contributed by atoms with E-state index < -0.39 is 14.6 Å². The van der Waals surface area contributed by atoms with Crippen molar-refractivity contribution in [3.8, 4) is 0 Å². The molecule has 0 rings (SSSR count). The number of rotatable bonds is 5. The quantitative estimate of drug-likeness (QED) is 0.554. The first-order valence-electron chi connectivity index (χ1n) is 4.69. The highest BCUT2D eigenvalue weighted by Crippen LogP contribution is 2.15. The Bertz CT molecular complexity index is 305. The molecule has 4 nitrogen and oxygen atoms in total. The van der Waals surface area contributed by atoms with Gasteiger partial charge in [0.05, 0.1) is 17.1 Å². The topological polar surface area (TPSA) is 72.5 Å². The average Bonchev–Trinajstić information content (AvgIpc) is 1.99. The van der Waals surface area contributed by atoms with Crippen LogP contribution >= 0.6 is 0 Å². The second kappa shape index (κ2) is 4.77. The number of sulfone groups is 1. The second-order valence-corrected chi connectivity index (χ2v) is 6.74. The zero-order chi connectivity index (χ0) is 11.4. The van der Waals surface area contributed by atoms with E-state index in [-0.39, 0.29) is 6.54 Å². The molecule has 0 unspecified atom stereocenters. The van der Waals surface area contributed by atoms with Crippen LogP contribution in [0.15, 0.2) is 4.99 Å². The molecule has 0 amide bonds. The van der Waals surface area contributed by atoms with Crippen molar-refractivity contribution in [1.29, 1.82) is 0 Å². The molecule has 84 valence electrons. The first-order valence-corrected chi connectivity index (χ1v) is 6.58. The summed E-state index contributed by atoms with van der Waals surface area (Å²) in [4.78, 5) is 4.07. The van der Waals surface area contributed by atoms with E-state index in [2.05, 4.69) is 4.99 Å². The summed E-state index contributed by atoms with van der Waals surface area (Å²) in [5, 5.41) is 0. The third kappa shape index (κ3) is 4.09. The van der Waals surface area contributed by atoms with Crippen molar-refractivity contribution in [2.24, 2.45) is 10.7 Å². The molecule has 0 aliphatic carbocycles. The molecule has 0 aliphatic heterocycles. The predicted octanol–water partition coefficient (Wildman–Crippen LogP) is 0.967. The smallest absolute Gasteiger partial charge is 0.154 e. The van der Waals surface area contributed by atoms with Crippen LogP contribution in [0.25, 0.3) is 0 Å². The van der Waals surface area contributed by atoms with Crippen LogP contribution in [0.4, 0.5) is 0 Å². The molecular weight excluding hydrogens is 200 g/mol. The maximum absolute atomic E-state index is 11.3. The fourth-order valence-corrected chi connectivity index (χ4v) is 1.04. The number of hydrogen-bond acceptors (Lipinski definition) is 3. The van der Waals surface area contributed by atoms with Gasteiger partial charge >= 0.3 is 0 Å². The molecule has 0 saturated heterocycles. The molecule has 14 heavy (non-hydrogen) atoms. The monoisotopic (exact) mass is 220 g/mol. The number of amidine groups is 1. The Balaban J connectivity index is 4.47. The van der Waals surface area contributed by atoms with Gasteiger partial charge in [-0.05, 0) is 20.3 Å². The molecule has 0 fully saturated rings. The van der Waals surface area contributed by atoms with Crippen LogP contribution in [0.5, 0.6) is 0 Å². The molecule has 0 aromatic rings. The summed E-state index contributed by atoms with van der Waals surface area (Å²) in [6.45, 7) is 5.55. The Morgan fingerprint density at radius 3 is 2.29 bits per heavy atom. The minimum atomic E-state index is -3.08. The van der Waals surface area contributed by atoms with E-state index in [0.717, 1.165) is 12.8 Å². The van der Waals surface area contributed by atoms with Gasteiger partial charge in [0.1, 0.15) is 0 Å². The lowest BCUT2D eigenvalue weighted by Gasteiger charge is -2.19. The van der Waals surface area contributed by atoms with Gasteiger partial charge in [-0.1, -0.05) is 6.92 Å². The minimum Gasteiger partial charge on any atom is -0.387 e. The van der Waals surface area contributed by atoms with Crippen molar-refractivity contribution >= 4 is 15.7 Å². The van der Waals surface area contributed by atoms with E-state index in [1.807, 2.05) is 6.92 Å². The van der Waals surface area contributed by atoms with Gasteiger partial charge in [-0.15, -0.1) is 0 Å². The number of hydrogen-bond donors (Lipinski definition) is 1. The van der Waals surface area contributed by atoms with E-state index in [1.54, 1.807) is 13.8 Å². The summed E-state index contributed by atoms with van der Waals surface area (Å²) in [6, 6.07) is 0. The molecule has 2 N–H and O–H groups in total. The van der Waals surface area contributed by atoms with Crippen molar-refractivity contribution in [2.75, 3.05) is 12.8 Å². The molecule has 0 radical (unpaired) electrons. The van der Waals surface area contributed by atoms with Crippen LogP contribution in [0, 0.1) is 0 Å². The highest BCUT2D eigenvalue weighted by atomic mass is 32.2. The average molecular weight is 220 g/mol. The number of aliphatic imine (C=N–C) groups is 1. The summed E-state index contributed by atoms with van der Waals surface area (Å²) in [7, 11) is -3.08. The van der Waals surface area contributed by atoms with E-state index >= 15 is 0 Å². The molecule has 0 aromatic heterocycles. The lowest BCUT2D eigenvalue weighted by atomic mass is 10.2. The van der Waals surface area contributed by atoms with Gasteiger partial charge < -0.3 is 5.73 Å². The minimum absolute atomic E-state index is 0.234. The maximum atomic E-state index is 11.3. The molecule has 0 spiro atoms. The fourth-order valence-electron chi connectivity index (χ4n) is 0.744. The summed E-state index contributed by atoms with van der Waals surface area (Å²) in [5.41, 5.74) is 5.59. The van der Waals surface area contributed by atoms with Gasteiger partial charge in [-0.2, -0.15) is 0 Å². The first-order chi connectivity index (χ1) is 6.20. The lowest BCUT2D eigenvalue weighted by Crippen LogP contribution is -2.35. The zero-order valence-electron chi connectivity index (χ0n) is 9.37. The van der Waals surface area contributed by atoms with Crippen molar-refractivity contribution in [3.63, 3.8) is 0 Å². The summed E-state index contributed by atoms with van der Waals surface area (Å²) >= 11 is 0. The standard InChI is InChI=1S/C9H20N2O2S/c1-5-6-8(10)11-7-9(2,3)14(4,12)13/h5-7H2,1-4H3,(H2,10,11). The second-order valence-electron chi connectivity index (χ2n) is 4.09. The van der Waals surface area contributed by atoms with Crippen LogP contribution < -0.4 is 5.73 Å². The summed E-state index contributed by atoms with van der Waals surface area (Å²) in [6.07, 6.45) is 2.87. The summed E-state index contributed by atoms with van der Waals surface area (Å²) < 4.78 is 21.8. The van der Waals surface area contributed by atoms with E-state index in [9.17, 15) is 8.42 Å². The molecule has 0 bridgehead atoms. The van der Waals surface area contributed by atoms with Gasteiger partial charge in [0.2, 0.25) is 0 Å². The molecule has 0 atom stereocenters. The van der Waals surface area contributed by atoms with Crippen LogP contribution in [0.1, 0.15) is 33.6 Å². The Morgan fingerprint density at radius 1 is 1.43 bits per heavy atom. The van der Waals surface area contributed by atoms with Crippen LogP contribution in [-0.2, 0) is 9.84 Å². The highest BCUT2D eigenvalue weighted by Gasteiger charge is 2.29. The van der Waals surface area contributed by atoms with Gasteiger partial charge in [-0.3, -0.25) is 4.99 Å². The maximum Gasteiger partial charge on any atom is 0.154 e. The Labute approximate surface area is 86.5 Å². The summed E-state index contributed by atoms with van der Waals surface area (Å²) in [5.74, 6) is 0.532. The Hall–Kier alpha value is -0.580. The molecule has 0 aliphatic rings. The fraction of sp³-hybridized carbons (Fsp3) is 0.889. The van der Waals surface area contributed by atoms with Gasteiger partial charge in [0, 0.05) is 12.7 Å². The van der Waals surface area contributed by atoms with Crippen molar-refractivity contribution in [1.82, 2.24) is 0 Å². The molecule has 0 heterocycles. The Kier molecular flexibility index (Phi) is 4.58.